The van der Waals surface area contributed by atoms with Crippen LogP contribution in [0.4, 0.5) is 5.69 Å². The van der Waals surface area contributed by atoms with Crippen LogP contribution in [0.5, 0.6) is 5.75 Å². The lowest BCUT2D eigenvalue weighted by Crippen LogP contribution is -2.35. The third kappa shape index (κ3) is 5.02. The lowest BCUT2D eigenvalue weighted by Gasteiger charge is -2.21. The van der Waals surface area contributed by atoms with Crippen molar-refractivity contribution in [3.05, 3.63) is 65.4 Å². The first-order valence-electron chi connectivity index (χ1n) is 10.6. The van der Waals surface area contributed by atoms with Crippen LogP contribution in [-0.4, -0.2) is 42.4 Å². The van der Waals surface area contributed by atoms with E-state index in [-0.39, 0.29) is 18.4 Å². The fourth-order valence-corrected chi connectivity index (χ4v) is 3.72. The maximum Gasteiger partial charge on any atom is 0.255 e. The minimum atomic E-state index is -0.258. The molecule has 0 saturated carbocycles. The Hall–Kier alpha value is -3.41. The fourth-order valence-electron chi connectivity index (χ4n) is 3.72. The van der Waals surface area contributed by atoms with Crippen LogP contribution >= 0.6 is 0 Å². The van der Waals surface area contributed by atoms with Crippen LogP contribution in [0.25, 0.3) is 10.9 Å². The van der Waals surface area contributed by atoms with Crippen LogP contribution in [0.3, 0.4) is 0 Å². The predicted molar refractivity (Wildman–Crippen MR) is 124 cm³/mol. The SMILES string of the molecule is CCCc1nc2ccccc2c(C(=O)N(C)CC(=O)Nc2ccc(OC)cc2)c1CC. The number of fused-ring (bicyclic) bond motifs is 1. The van der Waals surface area contributed by atoms with E-state index in [0.29, 0.717) is 23.4 Å². The molecule has 3 rings (SSSR count). The highest BCUT2D eigenvalue weighted by Gasteiger charge is 2.23. The van der Waals surface area contributed by atoms with E-state index in [1.54, 1.807) is 38.4 Å². The number of benzene rings is 2. The first-order valence-corrected chi connectivity index (χ1v) is 10.6. The van der Waals surface area contributed by atoms with Crippen molar-refractivity contribution >= 4 is 28.4 Å². The third-order valence-corrected chi connectivity index (χ3v) is 5.23. The molecule has 3 aromatic rings. The summed E-state index contributed by atoms with van der Waals surface area (Å²) in [5.74, 6) is 0.286. The number of pyridine rings is 1. The molecule has 1 heterocycles. The second-order valence-corrected chi connectivity index (χ2v) is 7.47. The molecule has 0 bridgehead atoms. The Balaban J connectivity index is 1.86. The highest BCUT2D eigenvalue weighted by Crippen LogP contribution is 2.26. The molecule has 1 N–H and O–H groups in total. The van der Waals surface area contributed by atoms with Crippen LogP contribution in [0.2, 0.25) is 0 Å². The number of carbonyl (C=O) groups is 2. The van der Waals surface area contributed by atoms with Gasteiger partial charge in [-0.15, -0.1) is 0 Å². The molecule has 0 saturated heterocycles. The molecule has 0 unspecified atom stereocenters. The van der Waals surface area contributed by atoms with Gasteiger partial charge in [-0.3, -0.25) is 14.6 Å². The Bertz CT molecular complexity index is 1080. The van der Waals surface area contributed by atoms with Crippen LogP contribution in [0.1, 0.15) is 41.9 Å². The summed E-state index contributed by atoms with van der Waals surface area (Å²) in [4.78, 5) is 32.3. The molecular formula is C25H29N3O3. The molecule has 2 amide bonds. The lowest BCUT2D eigenvalue weighted by molar-refractivity contribution is -0.116. The summed E-state index contributed by atoms with van der Waals surface area (Å²) in [6.07, 6.45) is 2.47. The standard InChI is InChI=1S/C25H29N3O3/c1-5-9-21-19(6-2)24(20-10-7-8-11-22(20)27-21)25(30)28(3)16-23(29)26-17-12-14-18(31-4)15-13-17/h7-8,10-15H,5-6,9,16H2,1-4H3,(H,26,29). The maximum absolute atomic E-state index is 13.5. The highest BCUT2D eigenvalue weighted by molar-refractivity contribution is 6.09. The molecule has 6 heteroatoms. The second kappa shape index (κ2) is 10.1. The second-order valence-electron chi connectivity index (χ2n) is 7.47. The quantitative estimate of drug-likeness (QED) is 0.585. The third-order valence-electron chi connectivity index (χ3n) is 5.23. The average Bonchev–Trinajstić information content (AvgIpc) is 2.78. The van der Waals surface area contributed by atoms with E-state index in [2.05, 4.69) is 12.2 Å². The maximum atomic E-state index is 13.5. The van der Waals surface area contributed by atoms with Gasteiger partial charge < -0.3 is 15.0 Å². The number of carbonyl (C=O) groups excluding carboxylic acids is 2. The Morgan fingerprint density at radius 1 is 1.06 bits per heavy atom. The van der Waals surface area contributed by atoms with Gasteiger partial charge in [0, 0.05) is 23.8 Å². The first kappa shape index (κ1) is 22.3. The Morgan fingerprint density at radius 3 is 2.42 bits per heavy atom. The molecule has 0 aliphatic heterocycles. The zero-order valence-corrected chi connectivity index (χ0v) is 18.6. The summed E-state index contributed by atoms with van der Waals surface area (Å²) in [5.41, 5.74) is 4.04. The molecule has 6 nitrogen and oxygen atoms in total. The first-order chi connectivity index (χ1) is 15.0. The van der Waals surface area contributed by atoms with E-state index in [0.717, 1.165) is 35.0 Å². The fraction of sp³-hybridized carbons (Fsp3) is 0.320. The molecule has 2 aromatic carbocycles. The number of methoxy groups -OCH3 is 1. The molecule has 0 aliphatic carbocycles. The molecule has 0 aliphatic rings. The summed E-state index contributed by atoms with van der Waals surface area (Å²) in [7, 11) is 3.25. The Kier molecular flexibility index (Phi) is 7.23. The monoisotopic (exact) mass is 419 g/mol. The van der Waals surface area contributed by atoms with Crippen LogP contribution in [0, 0.1) is 0 Å². The van der Waals surface area contributed by atoms with E-state index in [1.165, 1.54) is 4.90 Å². The van der Waals surface area contributed by atoms with Gasteiger partial charge in [0.2, 0.25) is 5.91 Å². The predicted octanol–water partition coefficient (Wildman–Crippen LogP) is 4.47. The van der Waals surface area contributed by atoms with Gasteiger partial charge in [-0.2, -0.15) is 0 Å². The van der Waals surface area contributed by atoms with Crippen molar-refractivity contribution in [2.45, 2.75) is 33.1 Å². The summed E-state index contributed by atoms with van der Waals surface area (Å²) in [5, 5.41) is 3.65. The number of nitrogens with zero attached hydrogens (tertiary/aromatic N) is 2. The number of para-hydroxylation sites is 1. The Morgan fingerprint density at radius 2 is 1.77 bits per heavy atom. The lowest BCUT2D eigenvalue weighted by atomic mass is 9.95. The molecule has 0 spiro atoms. The number of ether oxygens (including phenoxy) is 1. The van der Waals surface area contributed by atoms with Crippen molar-refractivity contribution in [1.82, 2.24) is 9.88 Å². The van der Waals surface area contributed by atoms with E-state index in [9.17, 15) is 9.59 Å². The van der Waals surface area contributed by atoms with Gasteiger partial charge in [0.25, 0.3) is 5.91 Å². The van der Waals surface area contributed by atoms with Gasteiger partial charge in [0.05, 0.1) is 24.7 Å². The smallest absolute Gasteiger partial charge is 0.255 e. The summed E-state index contributed by atoms with van der Waals surface area (Å²) >= 11 is 0. The van der Waals surface area contributed by atoms with Crippen LogP contribution in [-0.2, 0) is 17.6 Å². The number of anilines is 1. The average molecular weight is 420 g/mol. The van der Waals surface area contributed by atoms with Gasteiger partial charge in [-0.05, 0) is 48.7 Å². The number of rotatable bonds is 8. The van der Waals surface area contributed by atoms with Crippen molar-refractivity contribution in [1.29, 1.82) is 0 Å². The largest absolute Gasteiger partial charge is 0.497 e. The molecule has 31 heavy (non-hydrogen) atoms. The number of aromatic nitrogens is 1. The van der Waals surface area contributed by atoms with Crippen molar-refractivity contribution in [2.24, 2.45) is 0 Å². The summed E-state index contributed by atoms with van der Waals surface area (Å²) in [6.45, 7) is 4.10. The van der Waals surface area contributed by atoms with E-state index in [4.69, 9.17) is 9.72 Å². The van der Waals surface area contributed by atoms with Crippen LogP contribution in [0.15, 0.2) is 48.5 Å². The molecule has 0 radical (unpaired) electrons. The molecular weight excluding hydrogens is 390 g/mol. The van der Waals surface area contributed by atoms with Gasteiger partial charge >= 0.3 is 0 Å². The minimum absolute atomic E-state index is 0.0478. The summed E-state index contributed by atoms with van der Waals surface area (Å²) in [6, 6.07) is 14.8. The number of hydrogen-bond acceptors (Lipinski definition) is 4. The topological polar surface area (TPSA) is 71.5 Å². The van der Waals surface area contributed by atoms with Gasteiger partial charge in [-0.25, -0.2) is 0 Å². The molecule has 1 aromatic heterocycles. The number of amides is 2. The number of hydrogen-bond donors (Lipinski definition) is 1. The minimum Gasteiger partial charge on any atom is -0.497 e. The zero-order chi connectivity index (χ0) is 22.4. The van der Waals surface area contributed by atoms with Gasteiger partial charge in [-0.1, -0.05) is 38.5 Å². The molecule has 162 valence electrons. The van der Waals surface area contributed by atoms with Crippen molar-refractivity contribution in [3.8, 4) is 5.75 Å². The van der Waals surface area contributed by atoms with Crippen molar-refractivity contribution in [3.63, 3.8) is 0 Å². The van der Waals surface area contributed by atoms with Crippen LogP contribution < -0.4 is 10.1 Å². The van der Waals surface area contributed by atoms with E-state index < -0.39 is 0 Å². The van der Waals surface area contributed by atoms with Crippen molar-refractivity contribution < 1.29 is 14.3 Å². The molecule has 0 atom stereocenters. The summed E-state index contributed by atoms with van der Waals surface area (Å²) < 4.78 is 5.13. The highest BCUT2D eigenvalue weighted by atomic mass is 16.5. The normalized spacial score (nSPS) is 10.7. The van der Waals surface area contributed by atoms with Gasteiger partial charge in [0.1, 0.15) is 5.75 Å². The van der Waals surface area contributed by atoms with E-state index in [1.807, 2.05) is 31.2 Å². The Labute approximate surface area is 183 Å². The zero-order valence-electron chi connectivity index (χ0n) is 18.6. The van der Waals surface area contributed by atoms with Gasteiger partial charge in [0.15, 0.2) is 0 Å². The number of likely N-dealkylation sites (N-methyl/N-ethyl adjacent to an activating group) is 1. The number of nitrogens with one attached hydrogen (secondary N) is 1. The number of aryl methyl sites for hydroxylation is 1. The van der Waals surface area contributed by atoms with E-state index >= 15 is 0 Å². The molecule has 0 fully saturated rings. The van der Waals surface area contributed by atoms with Crippen molar-refractivity contribution in [2.75, 3.05) is 26.0 Å².